The highest BCUT2D eigenvalue weighted by atomic mass is 15.0. The largest absolute Gasteiger partial charge is 0.250 e. The van der Waals surface area contributed by atoms with Gasteiger partial charge in [-0.3, -0.25) is 4.98 Å². The molecule has 2 nitrogen and oxygen atoms in total. The second kappa shape index (κ2) is 12.7. The van der Waals surface area contributed by atoms with Crippen LogP contribution in [0, 0.1) is 0 Å². The third kappa shape index (κ3) is 8.38. The predicted molar refractivity (Wildman–Crippen MR) is 107 cm³/mol. The number of aromatic nitrogens is 2. The summed E-state index contributed by atoms with van der Waals surface area (Å²) in [5, 5.41) is 0. The van der Waals surface area contributed by atoms with Crippen molar-refractivity contribution in [3.63, 3.8) is 0 Å². The summed E-state index contributed by atoms with van der Waals surface area (Å²) in [6.45, 7) is 2.29. The number of aromatic amines is 1. The maximum atomic E-state index is 3.21. The van der Waals surface area contributed by atoms with Crippen LogP contribution in [0.3, 0.4) is 0 Å². The van der Waals surface area contributed by atoms with E-state index >= 15 is 0 Å². The highest BCUT2D eigenvalue weighted by Gasteiger charge is 2.15. The van der Waals surface area contributed by atoms with Gasteiger partial charge in [0.15, 0.2) is 0 Å². The van der Waals surface area contributed by atoms with E-state index in [0.717, 1.165) is 0 Å². The van der Waals surface area contributed by atoms with Gasteiger partial charge in [0.1, 0.15) is 18.4 Å². The van der Waals surface area contributed by atoms with Gasteiger partial charge in [-0.1, -0.05) is 88.6 Å². The van der Waals surface area contributed by atoms with E-state index in [0.29, 0.717) is 6.04 Å². The predicted octanol–water partition coefficient (Wildman–Crippen LogP) is 6.40. The zero-order chi connectivity index (χ0) is 17.6. The summed E-state index contributed by atoms with van der Waals surface area (Å²) in [7, 11) is 0. The Labute approximate surface area is 154 Å². The van der Waals surface area contributed by atoms with E-state index in [4.69, 9.17) is 0 Å². The Kier molecular flexibility index (Phi) is 10.1. The van der Waals surface area contributed by atoms with Crippen LogP contribution in [-0.4, -0.2) is 4.98 Å². The average molecular weight is 342 g/mol. The summed E-state index contributed by atoms with van der Waals surface area (Å²) in [6.07, 6.45) is 22.7. The minimum absolute atomic E-state index is 0.621. The van der Waals surface area contributed by atoms with Gasteiger partial charge < -0.3 is 0 Å². The Bertz CT molecular complexity index is 518. The molecule has 1 heterocycles. The molecule has 0 amide bonds. The van der Waals surface area contributed by atoms with Crippen molar-refractivity contribution in [2.45, 2.75) is 90.0 Å². The van der Waals surface area contributed by atoms with Crippen LogP contribution < -0.4 is 4.57 Å². The number of unbranched alkanes of at least 4 members (excludes halogenated alkanes) is 8. The summed E-state index contributed by atoms with van der Waals surface area (Å²) in [5.74, 6) is 0. The molecule has 25 heavy (non-hydrogen) atoms. The molecule has 2 aromatic rings. The number of nitrogens with zero attached hydrogens (tertiary/aromatic N) is 1. The highest BCUT2D eigenvalue weighted by Crippen LogP contribution is 2.18. The van der Waals surface area contributed by atoms with Crippen molar-refractivity contribution in [2.75, 3.05) is 0 Å². The van der Waals surface area contributed by atoms with Gasteiger partial charge in [-0.05, 0) is 31.2 Å². The Balaban J connectivity index is 1.64. The smallest absolute Gasteiger partial charge is 0.241 e. The molecule has 0 aliphatic heterocycles. The molecule has 0 radical (unpaired) electrons. The number of hydrogen-bond acceptors (Lipinski definition) is 0. The maximum absolute atomic E-state index is 3.21. The van der Waals surface area contributed by atoms with Gasteiger partial charge in [0.25, 0.3) is 0 Å². The average Bonchev–Trinajstić information content (AvgIpc) is 3.18. The molecule has 138 valence electrons. The van der Waals surface area contributed by atoms with Crippen molar-refractivity contribution in [1.29, 1.82) is 0 Å². The van der Waals surface area contributed by atoms with Gasteiger partial charge >= 0.3 is 0 Å². The van der Waals surface area contributed by atoms with Crippen molar-refractivity contribution in [1.82, 2.24) is 4.98 Å². The lowest BCUT2D eigenvalue weighted by atomic mass is 9.99. The second-order valence-electron chi connectivity index (χ2n) is 7.35. The van der Waals surface area contributed by atoms with Gasteiger partial charge in [0, 0.05) is 0 Å². The van der Waals surface area contributed by atoms with E-state index in [1.807, 2.05) is 6.20 Å². The van der Waals surface area contributed by atoms with Gasteiger partial charge in [0.05, 0.1) is 0 Å². The first kappa shape index (κ1) is 19.8. The van der Waals surface area contributed by atoms with Crippen LogP contribution >= 0.6 is 0 Å². The van der Waals surface area contributed by atoms with Crippen LogP contribution in [0.1, 0.15) is 89.2 Å². The van der Waals surface area contributed by atoms with Gasteiger partial charge in [-0.15, -0.1) is 0 Å². The molecule has 1 aromatic heterocycles. The first-order valence-corrected chi connectivity index (χ1v) is 10.5. The zero-order valence-electron chi connectivity index (χ0n) is 16.1. The van der Waals surface area contributed by atoms with Gasteiger partial charge in [-0.25, -0.2) is 4.57 Å². The van der Waals surface area contributed by atoms with Crippen LogP contribution in [0.4, 0.5) is 0 Å². The number of imidazole rings is 1. The molecule has 2 heteroatoms. The standard InChI is InChI=1S/C23H36N2/c1-2-3-4-5-6-7-8-9-13-16-23(25-20-19-24-21-25)18-17-22-14-11-10-12-15-22/h10-12,14-15,19-21,23H,2-9,13,16-18H2,1H3/p+1. The number of nitrogens with one attached hydrogen (secondary N) is 1. The number of rotatable bonds is 14. The lowest BCUT2D eigenvalue weighted by Crippen LogP contribution is -2.37. The van der Waals surface area contributed by atoms with E-state index in [1.165, 1.54) is 82.6 Å². The lowest BCUT2D eigenvalue weighted by molar-refractivity contribution is -0.723. The van der Waals surface area contributed by atoms with Crippen LogP contribution in [-0.2, 0) is 6.42 Å². The van der Waals surface area contributed by atoms with Gasteiger partial charge in [0.2, 0.25) is 6.33 Å². The number of H-pyrrole nitrogens is 1. The summed E-state index contributed by atoms with van der Waals surface area (Å²) < 4.78 is 2.37. The Morgan fingerprint density at radius 1 is 0.840 bits per heavy atom. The Morgan fingerprint density at radius 3 is 2.16 bits per heavy atom. The van der Waals surface area contributed by atoms with Crippen LogP contribution in [0.25, 0.3) is 0 Å². The third-order valence-corrected chi connectivity index (χ3v) is 5.24. The molecule has 0 saturated heterocycles. The summed E-state index contributed by atoms with van der Waals surface area (Å²) in [5.41, 5.74) is 1.45. The highest BCUT2D eigenvalue weighted by molar-refractivity contribution is 5.14. The molecule has 0 bridgehead atoms. The quantitative estimate of drug-likeness (QED) is 0.303. The second-order valence-corrected chi connectivity index (χ2v) is 7.35. The minimum Gasteiger partial charge on any atom is -0.250 e. The number of aryl methyl sites for hydroxylation is 1. The molecule has 1 atom stereocenters. The first-order chi connectivity index (χ1) is 12.4. The lowest BCUT2D eigenvalue weighted by Gasteiger charge is -2.14. The third-order valence-electron chi connectivity index (χ3n) is 5.24. The molecule has 0 spiro atoms. The van der Waals surface area contributed by atoms with E-state index < -0.39 is 0 Å². The van der Waals surface area contributed by atoms with Crippen LogP contribution in [0.2, 0.25) is 0 Å². The maximum Gasteiger partial charge on any atom is 0.241 e. The molecular weight excluding hydrogens is 304 g/mol. The van der Waals surface area contributed by atoms with Gasteiger partial charge in [-0.2, -0.15) is 0 Å². The molecular formula is C23H37N2+. The fourth-order valence-electron chi connectivity index (χ4n) is 3.64. The van der Waals surface area contributed by atoms with E-state index in [9.17, 15) is 0 Å². The van der Waals surface area contributed by atoms with E-state index in [2.05, 4.69) is 59.3 Å². The van der Waals surface area contributed by atoms with E-state index in [-0.39, 0.29) is 0 Å². The molecule has 1 N–H and O–H groups in total. The topological polar surface area (TPSA) is 19.7 Å². The minimum atomic E-state index is 0.621. The number of benzene rings is 1. The van der Waals surface area contributed by atoms with Crippen molar-refractivity contribution >= 4 is 0 Å². The van der Waals surface area contributed by atoms with Crippen molar-refractivity contribution in [2.24, 2.45) is 0 Å². The fraction of sp³-hybridized carbons (Fsp3) is 0.609. The fourth-order valence-corrected chi connectivity index (χ4v) is 3.64. The van der Waals surface area contributed by atoms with Crippen LogP contribution in [0.15, 0.2) is 49.1 Å². The molecule has 1 unspecified atom stereocenters. The first-order valence-electron chi connectivity index (χ1n) is 10.5. The normalized spacial score (nSPS) is 12.4. The Morgan fingerprint density at radius 2 is 1.52 bits per heavy atom. The number of hydrogen-bond donors (Lipinski definition) is 1. The molecule has 1 aromatic carbocycles. The Hall–Kier alpha value is -1.57. The van der Waals surface area contributed by atoms with Crippen LogP contribution in [0.5, 0.6) is 0 Å². The molecule has 0 aliphatic carbocycles. The monoisotopic (exact) mass is 341 g/mol. The van der Waals surface area contributed by atoms with Crippen molar-refractivity contribution < 1.29 is 4.57 Å². The SMILES string of the molecule is CCCCCCCCCCCC(CCc1ccccc1)[n+]1cc[nH]c1. The van der Waals surface area contributed by atoms with E-state index in [1.54, 1.807) is 0 Å². The molecule has 0 aliphatic rings. The molecule has 0 saturated carbocycles. The summed E-state index contributed by atoms with van der Waals surface area (Å²) >= 11 is 0. The summed E-state index contributed by atoms with van der Waals surface area (Å²) in [4.78, 5) is 3.21. The zero-order valence-corrected chi connectivity index (χ0v) is 16.1. The van der Waals surface area contributed by atoms with Crippen molar-refractivity contribution in [3.05, 3.63) is 54.6 Å². The summed E-state index contributed by atoms with van der Waals surface area (Å²) in [6, 6.07) is 11.5. The molecule has 0 fully saturated rings. The molecule has 2 rings (SSSR count). The van der Waals surface area contributed by atoms with Crippen molar-refractivity contribution in [3.8, 4) is 0 Å².